The molecule has 0 heterocycles. The average Bonchev–Trinajstić information content (AvgIpc) is 2.55. The fourth-order valence-electron chi connectivity index (χ4n) is 1.80. The Balaban J connectivity index is 0.00000529. The normalized spacial score (nSPS) is 10.7. The number of hydrogen-bond acceptors (Lipinski definition) is 5. The molecule has 0 radical (unpaired) electrons. The monoisotopic (exact) mass is 358 g/mol. The van der Waals surface area contributed by atoms with E-state index >= 15 is 0 Å². The molecule has 0 spiro atoms. The van der Waals surface area contributed by atoms with Gasteiger partial charge in [0.25, 0.3) is 0 Å². The highest BCUT2D eigenvalue weighted by atomic mass is 35.5. The quantitative estimate of drug-likeness (QED) is 0.274. The van der Waals surface area contributed by atoms with Gasteiger partial charge in [-0.3, -0.25) is 4.99 Å². The van der Waals surface area contributed by atoms with Gasteiger partial charge in [0, 0.05) is 6.54 Å². The Morgan fingerprint density at radius 2 is 1.92 bits per heavy atom. The van der Waals surface area contributed by atoms with E-state index in [9.17, 15) is 9.59 Å². The van der Waals surface area contributed by atoms with Gasteiger partial charge in [-0.1, -0.05) is 30.3 Å². The predicted octanol–water partition coefficient (Wildman–Crippen LogP) is 0.930. The number of benzene rings is 1. The molecule has 1 unspecified atom stereocenters. The molecule has 0 aliphatic carbocycles. The van der Waals surface area contributed by atoms with Crippen molar-refractivity contribution in [1.29, 1.82) is 0 Å². The third-order valence-electron chi connectivity index (χ3n) is 2.94. The number of nitrogens with zero attached hydrogens (tertiary/aromatic N) is 1. The number of hydrogen-bond donors (Lipinski definition) is 3. The van der Waals surface area contributed by atoms with Gasteiger partial charge >= 0.3 is 12.1 Å². The number of rotatable bonds is 8. The van der Waals surface area contributed by atoms with Crippen molar-refractivity contribution in [2.75, 3.05) is 13.7 Å². The number of nitrogens with two attached hydrogens (primary N) is 2. The second kappa shape index (κ2) is 12.0. The van der Waals surface area contributed by atoms with Crippen LogP contribution in [0.3, 0.4) is 0 Å². The van der Waals surface area contributed by atoms with E-state index in [-0.39, 0.29) is 25.0 Å². The molecule has 0 aromatic heterocycles. The van der Waals surface area contributed by atoms with Crippen molar-refractivity contribution in [1.82, 2.24) is 5.32 Å². The minimum atomic E-state index is -0.808. The number of nitrogens with one attached hydrogen (secondary N) is 1. The third kappa shape index (κ3) is 8.84. The van der Waals surface area contributed by atoms with E-state index in [1.807, 2.05) is 30.3 Å². The van der Waals surface area contributed by atoms with E-state index in [2.05, 4.69) is 15.0 Å². The molecular weight excluding hydrogens is 336 g/mol. The molecule has 5 N–H and O–H groups in total. The number of aliphatic imine (C=N–C) groups is 1. The van der Waals surface area contributed by atoms with Crippen molar-refractivity contribution in [2.24, 2.45) is 16.5 Å². The van der Waals surface area contributed by atoms with Gasteiger partial charge in [0.1, 0.15) is 12.6 Å². The largest absolute Gasteiger partial charge is 0.467 e. The summed E-state index contributed by atoms with van der Waals surface area (Å²) in [5.41, 5.74) is 11.3. The van der Waals surface area contributed by atoms with Crippen LogP contribution in [-0.4, -0.2) is 37.7 Å². The zero-order valence-corrected chi connectivity index (χ0v) is 14.3. The van der Waals surface area contributed by atoms with Crippen LogP contribution in [0.5, 0.6) is 0 Å². The number of methoxy groups -OCH3 is 1. The van der Waals surface area contributed by atoms with E-state index in [4.69, 9.17) is 16.2 Å². The highest BCUT2D eigenvalue weighted by Gasteiger charge is 2.21. The van der Waals surface area contributed by atoms with Gasteiger partial charge in [-0.15, -0.1) is 12.4 Å². The van der Waals surface area contributed by atoms with Crippen molar-refractivity contribution in [2.45, 2.75) is 25.5 Å². The average molecular weight is 359 g/mol. The number of esters is 1. The Morgan fingerprint density at radius 1 is 1.25 bits per heavy atom. The van der Waals surface area contributed by atoms with Crippen LogP contribution < -0.4 is 16.8 Å². The lowest BCUT2D eigenvalue weighted by atomic mass is 10.1. The summed E-state index contributed by atoms with van der Waals surface area (Å²) < 4.78 is 9.73. The minimum absolute atomic E-state index is 0. The molecule has 24 heavy (non-hydrogen) atoms. The van der Waals surface area contributed by atoms with Crippen LogP contribution in [0.25, 0.3) is 0 Å². The van der Waals surface area contributed by atoms with Crippen LogP contribution in [0.15, 0.2) is 35.3 Å². The van der Waals surface area contributed by atoms with Crippen LogP contribution in [0.1, 0.15) is 18.4 Å². The smallest absolute Gasteiger partial charge is 0.408 e. The minimum Gasteiger partial charge on any atom is -0.467 e. The summed E-state index contributed by atoms with van der Waals surface area (Å²) in [6, 6.07) is 8.42. The molecule has 0 bridgehead atoms. The maximum atomic E-state index is 11.8. The molecular formula is C15H23ClN4O4. The summed E-state index contributed by atoms with van der Waals surface area (Å²) in [6.07, 6.45) is 0.159. The van der Waals surface area contributed by atoms with Crippen LogP contribution >= 0.6 is 12.4 Å². The Kier molecular flexibility index (Phi) is 10.8. The summed E-state index contributed by atoms with van der Waals surface area (Å²) in [4.78, 5) is 27.3. The van der Waals surface area contributed by atoms with E-state index in [0.29, 0.717) is 19.4 Å². The zero-order chi connectivity index (χ0) is 17.1. The van der Waals surface area contributed by atoms with Crippen molar-refractivity contribution < 1.29 is 19.1 Å². The number of amides is 1. The first-order chi connectivity index (χ1) is 11.0. The van der Waals surface area contributed by atoms with Crippen molar-refractivity contribution in [3.8, 4) is 0 Å². The molecule has 134 valence electrons. The fourth-order valence-corrected chi connectivity index (χ4v) is 1.80. The van der Waals surface area contributed by atoms with E-state index in [1.165, 1.54) is 7.11 Å². The molecule has 0 saturated heterocycles. The van der Waals surface area contributed by atoms with Crippen LogP contribution in [0, 0.1) is 0 Å². The first-order valence-corrected chi connectivity index (χ1v) is 7.13. The Hall–Kier alpha value is -2.48. The molecule has 1 aromatic rings. The van der Waals surface area contributed by atoms with Crippen LogP contribution in [-0.2, 0) is 20.9 Å². The molecule has 0 fully saturated rings. The summed E-state index contributed by atoms with van der Waals surface area (Å²) in [7, 11) is 1.25. The van der Waals surface area contributed by atoms with Crippen molar-refractivity contribution >= 4 is 30.4 Å². The molecule has 9 heteroatoms. The van der Waals surface area contributed by atoms with Gasteiger partial charge in [-0.25, -0.2) is 9.59 Å². The zero-order valence-electron chi connectivity index (χ0n) is 13.4. The molecule has 0 saturated carbocycles. The molecule has 8 nitrogen and oxygen atoms in total. The van der Waals surface area contributed by atoms with Crippen molar-refractivity contribution in [3.05, 3.63) is 35.9 Å². The van der Waals surface area contributed by atoms with Gasteiger partial charge in [0.05, 0.1) is 7.11 Å². The lowest BCUT2D eigenvalue weighted by molar-refractivity contribution is -0.143. The summed E-state index contributed by atoms with van der Waals surface area (Å²) >= 11 is 0. The summed E-state index contributed by atoms with van der Waals surface area (Å²) in [5.74, 6) is -0.568. The second-order valence-electron chi connectivity index (χ2n) is 4.73. The Bertz CT molecular complexity index is 536. The highest BCUT2D eigenvalue weighted by molar-refractivity contribution is 5.85. The number of guanidine groups is 1. The van der Waals surface area contributed by atoms with Gasteiger partial charge in [-0.05, 0) is 18.4 Å². The third-order valence-corrected chi connectivity index (χ3v) is 2.94. The molecule has 1 amide bonds. The number of ether oxygens (including phenoxy) is 2. The maximum absolute atomic E-state index is 11.8. The topological polar surface area (TPSA) is 129 Å². The molecule has 1 atom stereocenters. The Labute approximate surface area is 147 Å². The number of carbonyl (C=O) groups is 2. The SMILES string of the molecule is COC(=O)C(CCCN=C(N)N)NC(=O)OCc1ccccc1.Cl. The van der Waals surface area contributed by atoms with E-state index in [0.717, 1.165) is 5.56 Å². The number of carbonyl (C=O) groups excluding carboxylic acids is 2. The lowest BCUT2D eigenvalue weighted by Gasteiger charge is -2.16. The van der Waals surface area contributed by atoms with Crippen molar-refractivity contribution in [3.63, 3.8) is 0 Å². The first-order valence-electron chi connectivity index (χ1n) is 7.13. The fraction of sp³-hybridized carbons (Fsp3) is 0.400. The second-order valence-corrected chi connectivity index (χ2v) is 4.73. The van der Waals surface area contributed by atoms with E-state index < -0.39 is 18.1 Å². The standard InChI is InChI=1S/C15H22N4O4.ClH/c1-22-13(20)12(8-5-9-18-14(16)17)19-15(21)23-10-11-6-3-2-4-7-11;/h2-4,6-7,12H,5,8-10H2,1H3,(H,19,21)(H4,16,17,18);1H. The molecule has 1 rings (SSSR count). The van der Waals surface area contributed by atoms with Gasteiger partial charge < -0.3 is 26.3 Å². The molecule has 1 aromatic carbocycles. The van der Waals surface area contributed by atoms with Crippen LogP contribution in [0.2, 0.25) is 0 Å². The summed E-state index contributed by atoms with van der Waals surface area (Å²) in [5, 5.41) is 2.48. The number of halogens is 1. The highest BCUT2D eigenvalue weighted by Crippen LogP contribution is 2.03. The number of alkyl carbamates (subject to hydrolysis) is 1. The molecule has 0 aliphatic rings. The van der Waals surface area contributed by atoms with Gasteiger partial charge in [-0.2, -0.15) is 0 Å². The molecule has 0 aliphatic heterocycles. The first kappa shape index (κ1) is 21.5. The Morgan fingerprint density at radius 3 is 2.50 bits per heavy atom. The van der Waals surface area contributed by atoms with Gasteiger partial charge in [0.2, 0.25) is 0 Å². The lowest BCUT2D eigenvalue weighted by Crippen LogP contribution is -2.41. The maximum Gasteiger partial charge on any atom is 0.408 e. The van der Waals surface area contributed by atoms with E-state index in [1.54, 1.807) is 0 Å². The summed E-state index contributed by atoms with van der Waals surface area (Å²) in [6.45, 7) is 0.477. The predicted molar refractivity (Wildman–Crippen MR) is 92.7 cm³/mol. The van der Waals surface area contributed by atoms with Gasteiger partial charge in [0.15, 0.2) is 5.96 Å². The van der Waals surface area contributed by atoms with Crippen LogP contribution in [0.4, 0.5) is 4.79 Å².